The van der Waals surface area contributed by atoms with E-state index in [1.54, 1.807) is 0 Å². The maximum absolute atomic E-state index is 5.46. The first-order valence-electron chi connectivity index (χ1n) is 7.49. The minimum atomic E-state index is 0.345. The van der Waals surface area contributed by atoms with Gasteiger partial charge >= 0.3 is 0 Å². The van der Waals surface area contributed by atoms with E-state index in [0.29, 0.717) is 24.8 Å². The summed E-state index contributed by atoms with van der Waals surface area (Å²) in [5.74, 6) is 2.41. The molecule has 0 saturated carbocycles. The molecule has 0 bridgehead atoms. The smallest absolute Gasteiger partial charge is 0.231 e. The highest BCUT2D eigenvalue weighted by Gasteiger charge is 2.27. The van der Waals surface area contributed by atoms with Crippen LogP contribution in [0.1, 0.15) is 26.3 Å². The van der Waals surface area contributed by atoms with E-state index in [2.05, 4.69) is 43.1 Å². The zero-order valence-corrected chi connectivity index (χ0v) is 12.6. The molecular weight excluding hydrogens is 252 g/mol. The van der Waals surface area contributed by atoms with Crippen molar-refractivity contribution in [3.05, 3.63) is 23.8 Å². The lowest BCUT2D eigenvalue weighted by Crippen LogP contribution is -2.56. The molecule has 2 unspecified atom stereocenters. The molecular formula is C16H24N2O2. The Balaban J connectivity index is 1.69. The molecule has 2 heterocycles. The standard InChI is InChI=1S/C16H24N2O2/c1-11(2)14-9-18(12(3)7-17-14)8-13-4-5-15-16(6-13)20-10-19-15/h4-6,11-12,14,17H,7-10H2,1-3H3. The van der Waals surface area contributed by atoms with E-state index in [4.69, 9.17) is 9.47 Å². The van der Waals surface area contributed by atoms with E-state index < -0.39 is 0 Å². The molecule has 2 atom stereocenters. The molecule has 0 radical (unpaired) electrons. The summed E-state index contributed by atoms with van der Waals surface area (Å²) in [6.07, 6.45) is 0. The van der Waals surface area contributed by atoms with Crippen molar-refractivity contribution in [2.75, 3.05) is 19.9 Å². The minimum absolute atomic E-state index is 0.345. The van der Waals surface area contributed by atoms with Crippen LogP contribution in [-0.4, -0.2) is 36.9 Å². The zero-order valence-electron chi connectivity index (χ0n) is 12.6. The Morgan fingerprint density at radius 2 is 2.10 bits per heavy atom. The number of rotatable bonds is 3. The summed E-state index contributed by atoms with van der Waals surface area (Å²) >= 11 is 0. The summed E-state index contributed by atoms with van der Waals surface area (Å²) in [5, 5.41) is 3.64. The first-order valence-corrected chi connectivity index (χ1v) is 7.49. The van der Waals surface area contributed by atoms with Gasteiger partial charge in [-0.05, 0) is 30.5 Å². The van der Waals surface area contributed by atoms with Crippen LogP contribution in [0.25, 0.3) is 0 Å². The van der Waals surface area contributed by atoms with Gasteiger partial charge in [0.2, 0.25) is 6.79 Å². The van der Waals surface area contributed by atoms with Crippen LogP contribution in [0, 0.1) is 5.92 Å². The molecule has 0 amide bonds. The van der Waals surface area contributed by atoms with Crippen LogP contribution >= 0.6 is 0 Å². The third-order valence-corrected chi connectivity index (χ3v) is 4.36. The summed E-state index contributed by atoms with van der Waals surface area (Å²) in [6, 6.07) is 7.43. The van der Waals surface area contributed by atoms with Crippen LogP contribution in [0.15, 0.2) is 18.2 Å². The van der Waals surface area contributed by atoms with Gasteiger partial charge in [0.25, 0.3) is 0 Å². The maximum atomic E-state index is 5.46. The number of benzene rings is 1. The van der Waals surface area contributed by atoms with Gasteiger partial charge in [0.1, 0.15) is 0 Å². The van der Waals surface area contributed by atoms with Crippen molar-refractivity contribution in [1.29, 1.82) is 0 Å². The molecule has 2 aliphatic heterocycles. The molecule has 0 aromatic heterocycles. The van der Waals surface area contributed by atoms with Crippen molar-refractivity contribution in [3.63, 3.8) is 0 Å². The van der Waals surface area contributed by atoms with Gasteiger partial charge in [0, 0.05) is 31.7 Å². The van der Waals surface area contributed by atoms with Crippen LogP contribution in [0.5, 0.6) is 11.5 Å². The average Bonchev–Trinajstić information content (AvgIpc) is 2.88. The van der Waals surface area contributed by atoms with Crippen LogP contribution in [0.4, 0.5) is 0 Å². The fourth-order valence-electron chi connectivity index (χ4n) is 2.89. The Hall–Kier alpha value is -1.26. The van der Waals surface area contributed by atoms with E-state index in [9.17, 15) is 0 Å². The minimum Gasteiger partial charge on any atom is -0.454 e. The molecule has 4 heteroatoms. The van der Waals surface area contributed by atoms with Gasteiger partial charge in [0.15, 0.2) is 11.5 Å². The summed E-state index contributed by atoms with van der Waals surface area (Å²) in [7, 11) is 0. The third kappa shape index (κ3) is 2.76. The molecule has 20 heavy (non-hydrogen) atoms. The second-order valence-corrected chi connectivity index (χ2v) is 6.22. The van der Waals surface area contributed by atoms with Crippen LogP contribution in [0.3, 0.4) is 0 Å². The molecule has 1 fully saturated rings. The lowest BCUT2D eigenvalue weighted by molar-refractivity contribution is 0.116. The highest BCUT2D eigenvalue weighted by atomic mass is 16.7. The summed E-state index contributed by atoms with van der Waals surface area (Å²) < 4.78 is 10.8. The first-order chi connectivity index (χ1) is 9.63. The Bertz CT molecular complexity index is 476. The number of hydrogen-bond acceptors (Lipinski definition) is 4. The molecule has 3 rings (SSSR count). The Labute approximate surface area is 121 Å². The van der Waals surface area contributed by atoms with E-state index in [1.165, 1.54) is 5.56 Å². The lowest BCUT2D eigenvalue weighted by Gasteiger charge is -2.40. The largest absolute Gasteiger partial charge is 0.454 e. The van der Waals surface area contributed by atoms with Gasteiger partial charge < -0.3 is 14.8 Å². The summed E-state index contributed by atoms with van der Waals surface area (Å²) in [6.45, 7) is 10.3. The SMILES string of the molecule is CC(C)C1CN(Cc2ccc3c(c2)OCO3)C(C)CN1. The van der Waals surface area contributed by atoms with Crippen molar-refractivity contribution < 1.29 is 9.47 Å². The average molecular weight is 276 g/mol. The van der Waals surface area contributed by atoms with Gasteiger partial charge in [-0.3, -0.25) is 4.90 Å². The van der Waals surface area contributed by atoms with E-state index in [-0.39, 0.29) is 0 Å². The van der Waals surface area contributed by atoms with Gasteiger partial charge in [-0.15, -0.1) is 0 Å². The van der Waals surface area contributed by atoms with E-state index in [0.717, 1.165) is 31.1 Å². The lowest BCUT2D eigenvalue weighted by atomic mass is 9.99. The summed E-state index contributed by atoms with van der Waals surface area (Å²) in [4.78, 5) is 2.55. The molecule has 1 saturated heterocycles. The van der Waals surface area contributed by atoms with Crippen molar-refractivity contribution in [2.45, 2.75) is 39.4 Å². The third-order valence-electron chi connectivity index (χ3n) is 4.36. The highest BCUT2D eigenvalue weighted by Crippen LogP contribution is 2.33. The molecule has 0 spiro atoms. The number of piperazine rings is 1. The van der Waals surface area contributed by atoms with Gasteiger partial charge in [-0.1, -0.05) is 19.9 Å². The predicted octanol–water partition coefficient (Wildman–Crippen LogP) is 2.23. The Morgan fingerprint density at radius 3 is 2.90 bits per heavy atom. The van der Waals surface area contributed by atoms with Crippen LogP contribution in [-0.2, 0) is 6.54 Å². The van der Waals surface area contributed by atoms with E-state index in [1.807, 2.05) is 6.07 Å². The zero-order chi connectivity index (χ0) is 14.1. The molecule has 1 aromatic carbocycles. The molecule has 110 valence electrons. The van der Waals surface area contributed by atoms with E-state index >= 15 is 0 Å². The fraction of sp³-hybridized carbons (Fsp3) is 0.625. The Morgan fingerprint density at radius 1 is 1.30 bits per heavy atom. The first kappa shape index (κ1) is 13.7. The fourth-order valence-corrected chi connectivity index (χ4v) is 2.89. The molecule has 1 N–H and O–H groups in total. The predicted molar refractivity (Wildman–Crippen MR) is 79.1 cm³/mol. The second-order valence-electron chi connectivity index (χ2n) is 6.22. The van der Waals surface area contributed by atoms with Crippen LogP contribution < -0.4 is 14.8 Å². The number of hydrogen-bond donors (Lipinski definition) is 1. The van der Waals surface area contributed by atoms with Gasteiger partial charge in [-0.2, -0.15) is 0 Å². The van der Waals surface area contributed by atoms with Gasteiger partial charge in [0.05, 0.1) is 0 Å². The highest BCUT2D eigenvalue weighted by molar-refractivity contribution is 5.44. The number of fused-ring (bicyclic) bond motifs is 1. The van der Waals surface area contributed by atoms with Crippen LogP contribution in [0.2, 0.25) is 0 Å². The van der Waals surface area contributed by atoms with Gasteiger partial charge in [-0.25, -0.2) is 0 Å². The number of nitrogens with zero attached hydrogens (tertiary/aromatic N) is 1. The van der Waals surface area contributed by atoms with Crippen molar-refractivity contribution >= 4 is 0 Å². The monoisotopic (exact) mass is 276 g/mol. The molecule has 1 aromatic rings. The summed E-state index contributed by atoms with van der Waals surface area (Å²) in [5.41, 5.74) is 1.30. The van der Waals surface area contributed by atoms with Crippen molar-refractivity contribution in [3.8, 4) is 11.5 Å². The normalized spacial score (nSPS) is 26.2. The molecule has 2 aliphatic rings. The van der Waals surface area contributed by atoms with Crippen molar-refractivity contribution in [2.24, 2.45) is 5.92 Å². The molecule has 0 aliphatic carbocycles. The van der Waals surface area contributed by atoms with Crippen molar-refractivity contribution in [1.82, 2.24) is 10.2 Å². The topological polar surface area (TPSA) is 33.7 Å². The number of ether oxygens (including phenoxy) is 2. The number of nitrogens with one attached hydrogen (secondary N) is 1. The second kappa shape index (κ2) is 5.62. The quantitative estimate of drug-likeness (QED) is 0.918. The molecule has 4 nitrogen and oxygen atoms in total. The maximum Gasteiger partial charge on any atom is 0.231 e. The Kier molecular flexibility index (Phi) is 3.85.